The lowest BCUT2D eigenvalue weighted by Crippen LogP contribution is -2.11. The molecule has 16 heavy (non-hydrogen) atoms. The van der Waals surface area contributed by atoms with E-state index in [9.17, 15) is 4.79 Å². The van der Waals surface area contributed by atoms with Crippen molar-refractivity contribution in [3.63, 3.8) is 0 Å². The van der Waals surface area contributed by atoms with Crippen LogP contribution in [0, 0.1) is 17.3 Å². The average molecular weight is 224 g/mol. The number of ether oxygens (including phenoxy) is 1. The van der Waals surface area contributed by atoms with Gasteiger partial charge in [-0.15, -0.1) is 0 Å². The Hall–Kier alpha value is -0.790. The lowest BCUT2D eigenvalue weighted by molar-refractivity contribution is -0.146. The summed E-state index contributed by atoms with van der Waals surface area (Å²) in [5, 5.41) is 0. The first-order valence-corrected chi connectivity index (χ1v) is 6.23. The van der Waals surface area contributed by atoms with Crippen LogP contribution in [0.5, 0.6) is 0 Å². The standard InChI is InChI=1S/C14H24O2/c1-6-7-8-16-13(15)12-11(9-10(2)3)14(12,4)5/h9,11-12H,6-8H2,1-5H3. The summed E-state index contributed by atoms with van der Waals surface area (Å²) in [5.41, 5.74) is 1.36. The van der Waals surface area contributed by atoms with Crippen molar-refractivity contribution in [1.29, 1.82) is 0 Å². The fourth-order valence-electron chi connectivity index (χ4n) is 2.20. The zero-order valence-electron chi connectivity index (χ0n) is 11.2. The van der Waals surface area contributed by atoms with Gasteiger partial charge >= 0.3 is 5.97 Å². The van der Waals surface area contributed by atoms with Crippen molar-refractivity contribution in [2.75, 3.05) is 6.61 Å². The van der Waals surface area contributed by atoms with Gasteiger partial charge in [-0.05, 0) is 31.6 Å². The van der Waals surface area contributed by atoms with Crippen LogP contribution in [0.25, 0.3) is 0 Å². The number of esters is 1. The Balaban J connectivity index is 2.49. The third kappa shape index (κ3) is 2.87. The molecule has 92 valence electrons. The number of unbranched alkanes of at least 4 members (excludes halogenated alkanes) is 1. The molecule has 0 saturated heterocycles. The maximum atomic E-state index is 11.8. The van der Waals surface area contributed by atoms with Crippen LogP contribution in [0.2, 0.25) is 0 Å². The Bertz CT molecular complexity index is 285. The van der Waals surface area contributed by atoms with Gasteiger partial charge in [-0.3, -0.25) is 4.79 Å². The van der Waals surface area contributed by atoms with Gasteiger partial charge < -0.3 is 4.74 Å². The summed E-state index contributed by atoms with van der Waals surface area (Å²) in [5.74, 6) is 0.423. The van der Waals surface area contributed by atoms with Gasteiger partial charge in [0.1, 0.15) is 0 Å². The average Bonchev–Trinajstić information content (AvgIpc) is 2.67. The molecular weight excluding hydrogens is 200 g/mol. The van der Waals surface area contributed by atoms with Crippen LogP contribution in [-0.4, -0.2) is 12.6 Å². The van der Waals surface area contributed by atoms with Crippen LogP contribution in [0.4, 0.5) is 0 Å². The van der Waals surface area contributed by atoms with Crippen LogP contribution >= 0.6 is 0 Å². The molecule has 0 spiro atoms. The van der Waals surface area contributed by atoms with Gasteiger partial charge in [-0.1, -0.05) is 38.8 Å². The second-order valence-corrected chi connectivity index (χ2v) is 5.59. The van der Waals surface area contributed by atoms with E-state index in [4.69, 9.17) is 4.74 Å². The molecule has 1 saturated carbocycles. The minimum atomic E-state index is -0.0130. The van der Waals surface area contributed by atoms with Gasteiger partial charge in [0.15, 0.2) is 0 Å². The second kappa shape index (κ2) is 5.03. The predicted molar refractivity (Wildman–Crippen MR) is 66.1 cm³/mol. The van der Waals surface area contributed by atoms with E-state index < -0.39 is 0 Å². The summed E-state index contributed by atoms with van der Waals surface area (Å²) in [6, 6.07) is 0. The molecular formula is C14H24O2. The number of carbonyl (C=O) groups excluding carboxylic acids is 1. The van der Waals surface area contributed by atoms with Crippen LogP contribution in [-0.2, 0) is 9.53 Å². The molecule has 1 rings (SSSR count). The topological polar surface area (TPSA) is 26.3 Å². The van der Waals surface area contributed by atoms with E-state index in [1.807, 2.05) is 0 Å². The summed E-state index contributed by atoms with van der Waals surface area (Å²) in [4.78, 5) is 11.8. The second-order valence-electron chi connectivity index (χ2n) is 5.59. The van der Waals surface area contributed by atoms with Crippen LogP contribution in [0.3, 0.4) is 0 Å². The molecule has 0 aromatic carbocycles. The SMILES string of the molecule is CCCCOC(=O)C1C(C=C(C)C)C1(C)C. The minimum absolute atomic E-state index is 0.0130. The molecule has 0 heterocycles. The normalized spacial score (nSPS) is 26.1. The van der Waals surface area contributed by atoms with Crippen molar-refractivity contribution in [2.24, 2.45) is 17.3 Å². The summed E-state index contributed by atoms with van der Waals surface area (Å²) in [6.07, 6.45) is 4.23. The number of hydrogen-bond acceptors (Lipinski definition) is 2. The van der Waals surface area contributed by atoms with Crippen molar-refractivity contribution in [2.45, 2.75) is 47.5 Å². The fraction of sp³-hybridized carbons (Fsp3) is 0.786. The first-order chi connectivity index (χ1) is 7.41. The fourth-order valence-corrected chi connectivity index (χ4v) is 2.20. The van der Waals surface area contributed by atoms with E-state index in [1.165, 1.54) is 5.57 Å². The molecule has 2 atom stereocenters. The van der Waals surface area contributed by atoms with Crippen molar-refractivity contribution in [1.82, 2.24) is 0 Å². The summed E-state index contributed by atoms with van der Waals surface area (Å²) < 4.78 is 5.29. The minimum Gasteiger partial charge on any atom is -0.465 e. The monoisotopic (exact) mass is 224 g/mol. The Labute approximate surface area is 99.1 Å². The van der Waals surface area contributed by atoms with E-state index in [-0.39, 0.29) is 17.3 Å². The van der Waals surface area contributed by atoms with Crippen LogP contribution in [0.1, 0.15) is 47.5 Å². The van der Waals surface area contributed by atoms with Gasteiger partial charge in [0, 0.05) is 0 Å². The van der Waals surface area contributed by atoms with Crippen molar-refractivity contribution < 1.29 is 9.53 Å². The quantitative estimate of drug-likeness (QED) is 0.405. The van der Waals surface area contributed by atoms with E-state index in [1.54, 1.807) is 0 Å². The molecule has 2 heteroatoms. The zero-order chi connectivity index (χ0) is 12.3. The molecule has 0 bridgehead atoms. The van der Waals surface area contributed by atoms with Crippen LogP contribution < -0.4 is 0 Å². The van der Waals surface area contributed by atoms with Gasteiger partial charge in [-0.25, -0.2) is 0 Å². The Kier molecular flexibility index (Phi) is 4.17. The van der Waals surface area contributed by atoms with E-state index >= 15 is 0 Å². The molecule has 0 aromatic heterocycles. The zero-order valence-corrected chi connectivity index (χ0v) is 11.2. The highest BCUT2D eigenvalue weighted by molar-refractivity contribution is 5.78. The molecule has 2 unspecified atom stereocenters. The molecule has 1 aliphatic rings. The maximum absolute atomic E-state index is 11.8. The lowest BCUT2D eigenvalue weighted by atomic mass is 10.1. The number of rotatable bonds is 5. The van der Waals surface area contributed by atoms with E-state index in [0.717, 1.165) is 12.8 Å². The molecule has 0 radical (unpaired) electrons. The van der Waals surface area contributed by atoms with Crippen molar-refractivity contribution in [3.8, 4) is 0 Å². The number of carbonyl (C=O) groups is 1. The maximum Gasteiger partial charge on any atom is 0.310 e. The van der Waals surface area contributed by atoms with Crippen LogP contribution in [0.15, 0.2) is 11.6 Å². The molecule has 0 aliphatic heterocycles. The number of allylic oxidation sites excluding steroid dienone is 2. The Morgan fingerprint density at radius 1 is 1.38 bits per heavy atom. The highest BCUT2D eigenvalue weighted by Crippen LogP contribution is 2.59. The molecule has 1 fully saturated rings. The Morgan fingerprint density at radius 2 is 2.00 bits per heavy atom. The third-order valence-corrected chi connectivity index (χ3v) is 3.42. The highest BCUT2D eigenvalue weighted by atomic mass is 16.5. The molecule has 0 aromatic rings. The molecule has 0 N–H and O–H groups in total. The van der Waals surface area contributed by atoms with Crippen molar-refractivity contribution >= 4 is 5.97 Å². The molecule has 1 aliphatic carbocycles. The molecule has 0 amide bonds. The Morgan fingerprint density at radius 3 is 2.50 bits per heavy atom. The smallest absolute Gasteiger partial charge is 0.310 e. The van der Waals surface area contributed by atoms with Crippen molar-refractivity contribution in [3.05, 3.63) is 11.6 Å². The predicted octanol–water partition coefficient (Wildman–Crippen LogP) is 3.57. The number of hydrogen-bond donors (Lipinski definition) is 0. The van der Waals surface area contributed by atoms with Gasteiger partial charge in [-0.2, -0.15) is 0 Å². The summed E-state index contributed by atoms with van der Waals surface area (Å²) >= 11 is 0. The largest absolute Gasteiger partial charge is 0.465 e. The summed E-state index contributed by atoms with van der Waals surface area (Å²) in [7, 11) is 0. The van der Waals surface area contributed by atoms with E-state index in [0.29, 0.717) is 12.5 Å². The third-order valence-electron chi connectivity index (χ3n) is 3.42. The van der Waals surface area contributed by atoms with E-state index in [2.05, 4.69) is 40.7 Å². The summed E-state index contributed by atoms with van der Waals surface area (Å²) in [6.45, 7) is 11.1. The first-order valence-electron chi connectivity index (χ1n) is 6.23. The molecule has 2 nitrogen and oxygen atoms in total. The van der Waals surface area contributed by atoms with Gasteiger partial charge in [0.25, 0.3) is 0 Å². The van der Waals surface area contributed by atoms with Gasteiger partial charge in [0.2, 0.25) is 0 Å². The van der Waals surface area contributed by atoms with Gasteiger partial charge in [0.05, 0.1) is 12.5 Å². The highest BCUT2D eigenvalue weighted by Gasteiger charge is 2.61. The first kappa shape index (κ1) is 13.3. The lowest BCUT2D eigenvalue weighted by Gasteiger charge is -2.04.